The molecule has 0 bridgehead atoms. The van der Waals surface area contributed by atoms with Crippen LogP contribution in [0.15, 0.2) is 30.9 Å². The predicted octanol–water partition coefficient (Wildman–Crippen LogP) is 5.78. The van der Waals surface area contributed by atoms with Crippen molar-refractivity contribution in [1.82, 2.24) is 0 Å². The molecule has 0 saturated carbocycles. The summed E-state index contributed by atoms with van der Waals surface area (Å²) in [6, 6.07) is 8.14. The maximum atomic E-state index is 9.93. The Morgan fingerprint density at radius 2 is 2.08 bits per heavy atom. The lowest BCUT2D eigenvalue weighted by Gasteiger charge is -2.28. The second-order valence-corrected chi connectivity index (χ2v) is 8.23. The number of anilines is 1. The minimum Gasteiger partial charge on any atom is -0.378 e. The third-order valence-electron chi connectivity index (χ3n) is 4.62. The zero-order valence-electron chi connectivity index (χ0n) is 14.6. The first-order chi connectivity index (χ1) is 12.6. The molecular weight excluding hydrogens is 387 g/mol. The molecule has 0 N–H and O–H groups in total. The Morgan fingerprint density at radius 1 is 1.35 bits per heavy atom. The first-order valence-corrected chi connectivity index (χ1v) is 10.1. The lowest BCUT2D eigenvalue weighted by Crippen LogP contribution is -2.36. The molecule has 6 heteroatoms. The number of hydrogen-bond acceptors (Lipinski definition) is 4. The summed E-state index contributed by atoms with van der Waals surface area (Å²) in [5, 5.41) is 12.0. The fourth-order valence-corrected chi connectivity index (χ4v) is 4.90. The van der Waals surface area contributed by atoms with E-state index < -0.39 is 0 Å². The van der Waals surface area contributed by atoms with Crippen LogP contribution in [-0.2, 0) is 4.74 Å². The normalized spacial score (nSPS) is 15.5. The molecule has 2 heterocycles. The van der Waals surface area contributed by atoms with Gasteiger partial charge in [0.2, 0.25) is 0 Å². The second-order valence-electron chi connectivity index (χ2n) is 6.21. The number of aryl methyl sites for hydroxylation is 1. The number of rotatable bonds is 5. The van der Waals surface area contributed by atoms with Crippen LogP contribution in [0.1, 0.15) is 33.9 Å². The Balaban J connectivity index is 2.09. The highest BCUT2D eigenvalue weighted by Gasteiger charge is 2.27. The Labute approximate surface area is 168 Å². The molecule has 1 atom stereocenters. The standard InChI is InChI=1S/C20H20Cl2N2OS/c1-3-4-15(14-5-6-17(21)18(22)11-14)19-13(2)26-20(16(19)12-23)24-7-9-25-10-8-24/h3,5-6,11,15H,1,4,7-10H2,2H3. The lowest BCUT2D eigenvalue weighted by atomic mass is 9.86. The molecule has 0 radical (unpaired) electrons. The van der Waals surface area contributed by atoms with E-state index in [1.165, 1.54) is 0 Å². The molecule has 3 rings (SSSR count). The SMILES string of the molecule is C=CCC(c1ccc(Cl)c(Cl)c1)c1c(C)sc(N2CCOCC2)c1C#N. The van der Waals surface area contributed by atoms with Crippen LogP contribution in [0.5, 0.6) is 0 Å². The summed E-state index contributed by atoms with van der Waals surface area (Å²) in [4.78, 5) is 3.41. The van der Waals surface area contributed by atoms with Crippen molar-refractivity contribution in [3.63, 3.8) is 0 Å². The van der Waals surface area contributed by atoms with Gasteiger partial charge in [-0.1, -0.05) is 35.3 Å². The van der Waals surface area contributed by atoms with Crippen molar-refractivity contribution in [3.05, 3.63) is 62.5 Å². The average Bonchev–Trinajstić information content (AvgIpc) is 2.99. The van der Waals surface area contributed by atoms with Gasteiger partial charge in [-0.05, 0) is 36.6 Å². The molecule has 1 aliphatic rings. The van der Waals surface area contributed by atoms with Gasteiger partial charge in [-0.2, -0.15) is 5.26 Å². The monoisotopic (exact) mass is 406 g/mol. The van der Waals surface area contributed by atoms with Gasteiger partial charge in [-0.15, -0.1) is 17.9 Å². The van der Waals surface area contributed by atoms with Crippen molar-refractivity contribution in [2.75, 3.05) is 31.2 Å². The average molecular weight is 407 g/mol. The van der Waals surface area contributed by atoms with Crippen molar-refractivity contribution < 1.29 is 4.74 Å². The molecule has 1 aromatic carbocycles. The summed E-state index contributed by atoms with van der Waals surface area (Å²) in [5.74, 6) is 0.0305. The number of halogens is 2. The topological polar surface area (TPSA) is 36.3 Å². The molecule has 1 aliphatic heterocycles. The number of thiophene rings is 1. The van der Waals surface area contributed by atoms with Crippen LogP contribution in [-0.4, -0.2) is 26.3 Å². The van der Waals surface area contributed by atoms with E-state index in [2.05, 4.69) is 24.5 Å². The van der Waals surface area contributed by atoms with Crippen LogP contribution in [0.4, 0.5) is 5.00 Å². The highest BCUT2D eigenvalue weighted by atomic mass is 35.5. The van der Waals surface area contributed by atoms with Crippen LogP contribution < -0.4 is 4.90 Å². The summed E-state index contributed by atoms with van der Waals surface area (Å²) in [6.07, 6.45) is 2.62. The first-order valence-electron chi connectivity index (χ1n) is 8.48. The number of hydrogen-bond donors (Lipinski definition) is 0. The third kappa shape index (κ3) is 3.77. The van der Waals surface area contributed by atoms with E-state index in [0.717, 1.165) is 46.1 Å². The van der Waals surface area contributed by atoms with E-state index in [1.54, 1.807) is 11.3 Å². The third-order valence-corrected chi connectivity index (χ3v) is 6.54. The molecule has 1 aromatic heterocycles. The molecule has 1 saturated heterocycles. The summed E-state index contributed by atoms with van der Waals surface area (Å²) in [5.41, 5.74) is 2.87. The Kier molecular flexibility index (Phi) is 6.26. The molecule has 136 valence electrons. The van der Waals surface area contributed by atoms with Gasteiger partial charge in [-0.3, -0.25) is 0 Å². The number of benzene rings is 1. The minimum atomic E-state index is 0.0305. The van der Waals surface area contributed by atoms with Crippen molar-refractivity contribution >= 4 is 39.5 Å². The van der Waals surface area contributed by atoms with Crippen LogP contribution in [0.25, 0.3) is 0 Å². The molecule has 26 heavy (non-hydrogen) atoms. The van der Waals surface area contributed by atoms with E-state index >= 15 is 0 Å². The Bertz CT molecular complexity index is 850. The van der Waals surface area contributed by atoms with Crippen molar-refractivity contribution in [2.45, 2.75) is 19.3 Å². The summed E-state index contributed by atoms with van der Waals surface area (Å²) >= 11 is 14.0. The molecule has 3 nitrogen and oxygen atoms in total. The zero-order valence-corrected chi connectivity index (χ0v) is 16.9. The number of allylic oxidation sites excluding steroid dienone is 1. The quantitative estimate of drug-likeness (QED) is 0.590. The molecular formula is C20H20Cl2N2OS. The van der Waals surface area contributed by atoms with Crippen LogP contribution in [0.2, 0.25) is 10.0 Å². The summed E-state index contributed by atoms with van der Waals surface area (Å²) < 4.78 is 5.45. The molecule has 0 amide bonds. The lowest BCUT2D eigenvalue weighted by molar-refractivity contribution is 0.123. The zero-order chi connectivity index (χ0) is 18.7. The number of nitrogens with zero attached hydrogens (tertiary/aromatic N) is 2. The number of morpholine rings is 1. The highest BCUT2D eigenvalue weighted by molar-refractivity contribution is 7.16. The largest absolute Gasteiger partial charge is 0.378 e. The maximum Gasteiger partial charge on any atom is 0.110 e. The van der Waals surface area contributed by atoms with E-state index in [4.69, 9.17) is 27.9 Å². The van der Waals surface area contributed by atoms with Crippen molar-refractivity contribution in [3.8, 4) is 6.07 Å². The van der Waals surface area contributed by atoms with Gasteiger partial charge in [0.15, 0.2) is 0 Å². The van der Waals surface area contributed by atoms with Crippen LogP contribution in [0, 0.1) is 18.3 Å². The van der Waals surface area contributed by atoms with E-state index in [-0.39, 0.29) is 5.92 Å². The van der Waals surface area contributed by atoms with Gasteiger partial charge in [-0.25, -0.2) is 0 Å². The maximum absolute atomic E-state index is 9.93. The molecule has 0 spiro atoms. The van der Waals surface area contributed by atoms with Gasteiger partial charge >= 0.3 is 0 Å². The fourth-order valence-electron chi connectivity index (χ4n) is 3.38. The molecule has 1 unspecified atom stereocenters. The smallest absolute Gasteiger partial charge is 0.110 e. The van der Waals surface area contributed by atoms with Gasteiger partial charge in [0.25, 0.3) is 0 Å². The molecule has 2 aromatic rings. The van der Waals surface area contributed by atoms with Crippen molar-refractivity contribution in [1.29, 1.82) is 5.26 Å². The Morgan fingerprint density at radius 3 is 2.69 bits per heavy atom. The van der Waals surface area contributed by atoms with Gasteiger partial charge < -0.3 is 9.64 Å². The van der Waals surface area contributed by atoms with E-state index in [1.807, 2.05) is 24.3 Å². The summed E-state index contributed by atoms with van der Waals surface area (Å²) in [7, 11) is 0. The number of ether oxygens (including phenoxy) is 1. The number of nitriles is 1. The highest BCUT2D eigenvalue weighted by Crippen LogP contribution is 2.43. The second kappa shape index (κ2) is 8.45. The summed E-state index contributed by atoms with van der Waals surface area (Å²) in [6.45, 7) is 9.00. The fraction of sp³-hybridized carbons (Fsp3) is 0.350. The Hall–Kier alpha value is -1.51. The van der Waals surface area contributed by atoms with Crippen LogP contribution in [0.3, 0.4) is 0 Å². The minimum absolute atomic E-state index is 0.0305. The molecule has 0 aliphatic carbocycles. The van der Waals surface area contributed by atoms with Crippen molar-refractivity contribution in [2.24, 2.45) is 0 Å². The van der Waals surface area contributed by atoms with Gasteiger partial charge in [0.1, 0.15) is 11.1 Å². The molecule has 1 fully saturated rings. The van der Waals surface area contributed by atoms with Crippen LogP contribution >= 0.6 is 34.5 Å². The van der Waals surface area contributed by atoms with Gasteiger partial charge in [0.05, 0.1) is 28.8 Å². The van der Waals surface area contributed by atoms with E-state index in [0.29, 0.717) is 23.3 Å². The van der Waals surface area contributed by atoms with Gasteiger partial charge in [0, 0.05) is 23.9 Å². The first kappa shape index (κ1) is 19.3. The predicted molar refractivity (Wildman–Crippen MR) is 110 cm³/mol. The van der Waals surface area contributed by atoms with E-state index in [9.17, 15) is 5.26 Å².